The molecule has 20 heavy (non-hydrogen) atoms. The molecule has 1 aliphatic rings. The molecule has 1 saturated carbocycles. The summed E-state index contributed by atoms with van der Waals surface area (Å²) in [7, 11) is 0. The Labute approximate surface area is 120 Å². The molecule has 2 aromatic rings. The Hall–Kier alpha value is -1.80. The molecule has 1 fully saturated rings. The first-order valence-electron chi connectivity index (χ1n) is 7.28. The van der Waals surface area contributed by atoms with Crippen LogP contribution in [0.4, 0.5) is 0 Å². The summed E-state index contributed by atoms with van der Waals surface area (Å²) in [6, 6.07) is 16.0. The van der Waals surface area contributed by atoms with E-state index in [0.29, 0.717) is 12.5 Å². The van der Waals surface area contributed by atoms with Crippen LogP contribution in [0.2, 0.25) is 0 Å². The van der Waals surface area contributed by atoms with E-state index in [1.807, 2.05) is 43.3 Å². The molecule has 0 saturated heterocycles. The molecule has 0 heterocycles. The van der Waals surface area contributed by atoms with Gasteiger partial charge in [0.1, 0.15) is 11.9 Å². The number of aliphatic hydroxyl groups is 1. The van der Waals surface area contributed by atoms with Crippen LogP contribution >= 0.6 is 0 Å². The third-order valence-corrected chi connectivity index (χ3v) is 3.76. The summed E-state index contributed by atoms with van der Waals surface area (Å²) in [5.41, 5.74) is 3.19. The molecule has 0 aliphatic heterocycles. The lowest BCUT2D eigenvalue weighted by Crippen LogP contribution is -2.01. The summed E-state index contributed by atoms with van der Waals surface area (Å²) in [4.78, 5) is 0. The fraction of sp³-hybridized carbons (Fsp3) is 0.333. The lowest BCUT2D eigenvalue weighted by molar-refractivity contribution is 0.219. The number of benzene rings is 2. The van der Waals surface area contributed by atoms with Crippen LogP contribution in [-0.4, -0.2) is 11.7 Å². The van der Waals surface area contributed by atoms with Gasteiger partial charge in [0.2, 0.25) is 0 Å². The minimum atomic E-state index is -0.589. The number of hydrogen-bond donors (Lipinski definition) is 1. The van der Waals surface area contributed by atoms with Crippen molar-refractivity contribution in [3.8, 4) is 5.75 Å². The summed E-state index contributed by atoms with van der Waals surface area (Å²) in [6.07, 6.45) is 1.97. The molecule has 0 bridgehead atoms. The van der Waals surface area contributed by atoms with Crippen LogP contribution in [-0.2, 0) is 0 Å². The van der Waals surface area contributed by atoms with Gasteiger partial charge in [-0.15, -0.1) is 0 Å². The van der Waals surface area contributed by atoms with Crippen LogP contribution in [0, 0.1) is 0 Å². The molecule has 104 valence electrons. The number of ether oxygens (including phenoxy) is 1. The maximum absolute atomic E-state index is 10.6. The second kappa shape index (κ2) is 5.68. The van der Waals surface area contributed by atoms with Gasteiger partial charge in [-0.05, 0) is 54.5 Å². The third kappa shape index (κ3) is 2.86. The molecule has 2 heteroatoms. The first-order chi connectivity index (χ1) is 9.78. The van der Waals surface area contributed by atoms with Gasteiger partial charge in [0, 0.05) is 0 Å². The van der Waals surface area contributed by atoms with Crippen molar-refractivity contribution >= 4 is 0 Å². The predicted octanol–water partition coefficient (Wildman–Crippen LogP) is 4.04. The van der Waals surface area contributed by atoms with E-state index in [9.17, 15) is 5.11 Å². The second-order valence-electron chi connectivity index (χ2n) is 5.35. The SMILES string of the molecule is CCOc1cccc(C(O)c2cccc(C3CC3)c2)c1. The zero-order valence-electron chi connectivity index (χ0n) is 11.8. The molecule has 0 amide bonds. The van der Waals surface area contributed by atoms with Crippen molar-refractivity contribution in [2.75, 3.05) is 6.61 Å². The third-order valence-electron chi connectivity index (χ3n) is 3.76. The molecule has 0 radical (unpaired) electrons. The molecular weight excluding hydrogens is 248 g/mol. The summed E-state index contributed by atoms with van der Waals surface area (Å²) >= 11 is 0. The molecule has 1 aliphatic carbocycles. The van der Waals surface area contributed by atoms with E-state index in [4.69, 9.17) is 4.74 Å². The Morgan fingerprint density at radius 2 is 1.80 bits per heavy atom. The van der Waals surface area contributed by atoms with Gasteiger partial charge in [-0.25, -0.2) is 0 Å². The first kappa shape index (κ1) is 13.2. The van der Waals surface area contributed by atoms with E-state index >= 15 is 0 Å². The Kier molecular flexibility index (Phi) is 3.75. The van der Waals surface area contributed by atoms with Gasteiger partial charge in [0.25, 0.3) is 0 Å². The van der Waals surface area contributed by atoms with E-state index in [0.717, 1.165) is 16.9 Å². The molecule has 2 nitrogen and oxygen atoms in total. The number of aliphatic hydroxyl groups excluding tert-OH is 1. The highest BCUT2D eigenvalue weighted by atomic mass is 16.5. The van der Waals surface area contributed by atoms with Gasteiger partial charge >= 0.3 is 0 Å². The maximum atomic E-state index is 10.6. The fourth-order valence-electron chi connectivity index (χ4n) is 2.53. The summed E-state index contributed by atoms with van der Waals surface area (Å²) in [5, 5.41) is 10.6. The topological polar surface area (TPSA) is 29.5 Å². The van der Waals surface area contributed by atoms with E-state index < -0.39 is 6.10 Å². The van der Waals surface area contributed by atoms with Crippen LogP contribution in [0.5, 0.6) is 5.75 Å². The van der Waals surface area contributed by atoms with Crippen molar-refractivity contribution in [1.29, 1.82) is 0 Å². The van der Waals surface area contributed by atoms with E-state index in [1.165, 1.54) is 18.4 Å². The average molecular weight is 268 g/mol. The summed E-state index contributed by atoms with van der Waals surface area (Å²) in [6.45, 7) is 2.60. The highest BCUT2D eigenvalue weighted by molar-refractivity contribution is 5.38. The molecule has 0 aromatic heterocycles. The molecular formula is C18H20O2. The maximum Gasteiger partial charge on any atom is 0.119 e. The molecule has 1 atom stereocenters. The summed E-state index contributed by atoms with van der Waals surface area (Å²) in [5.74, 6) is 1.51. The fourth-order valence-corrected chi connectivity index (χ4v) is 2.53. The molecule has 1 N–H and O–H groups in total. The van der Waals surface area contributed by atoms with Crippen molar-refractivity contribution in [2.24, 2.45) is 0 Å². The van der Waals surface area contributed by atoms with Gasteiger partial charge in [-0.3, -0.25) is 0 Å². The van der Waals surface area contributed by atoms with Gasteiger partial charge in [-0.2, -0.15) is 0 Å². The molecule has 3 rings (SSSR count). The quantitative estimate of drug-likeness (QED) is 0.886. The number of rotatable bonds is 5. The lowest BCUT2D eigenvalue weighted by atomic mass is 9.98. The Balaban J connectivity index is 1.85. The van der Waals surface area contributed by atoms with Gasteiger partial charge in [0.15, 0.2) is 0 Å². The van der Waals surface area contributed by atoms with Gasteiger partial charge in [0.05, 0.1) is 6.61 Å². The van der Waals surface area contributed by atoms with Gasteiger partial charge < -0.3 is 9.84 Å². The molecule has 2 aromatic carbocycles. The molecule has 1 unspecified atom stereocenters. The number of hydrogen-bond acceptors (Lipinski definition) is 2. The van der Waals surface area contributed by atoms with Crippen LogP contribution in [0.3, 0.4) is 0 Å². The summed E-state index contributed by atoms with van der Waals surface area (Å²) < 4.78 is 5.49. The Bertz CT molecular complexity index is 587. The van der Waals surface area contributed by atoms with Crippen molar-refractivity contribution in [1.82, 2.24) is 0 Å². The van der Waals surface area contributed by atoms with Crippen molar-refractivity contribution in [2.45, 2.75) is 31.8 Å². The minimum Gasteiger partial charge on any atom is -0.494 e. The standard InChI is InChI=1S/C18H20O2/c1-2-20-17-8-4-7-16(12-17)18(19)15-6-3-5-14(11-15)13-9-10-13/h3-8,11-13,18-19H,2,9-10H2,1H3. The van der Waals surface area contributed by atoms with Crippen LogP contribution in [0.15, 0.2) is 48.5 Å². The Morgan fingerprint density at radius 1 is 1.10 bits per heavy atom. The molecule has 0 spiro atoms. The van der Waals surface area contributed by atoms with E-state index in [1.54, 1.807) is 0 Å². The Morgan fingerprint density at radius 3 is 2.50 bits per heavy atom. The normalized spacial score (nSPS) is 15.9. The van der Waals surface area contributed by atoms with Crippen molar-refractivity contribution in [3.63, 3.8) is 0 Å². The average Bonchev–Trinajstić information content (AvgIpc) is 3.32. The second-order valence-corrected chi connectivity index (χ2v) is 5.35. The van der Waals surface area contributed by atoms with Crippen LogP contribution in [0.25, 0.3) is 0 Å². The zero-order chi connectivity index (χ0) is 13.9. The van der Waals surface area contributed by atoms with Crippen LogP contribution < -0.4 is 4.74 Å². The predicted molar refractivity (Wildman–Crippen MR) is 80.1 cm³/mol. The smallest absolute Gasteiger partial charge is 0.119 e. The van der Waals surface area contributed by atoms with Crippen LogP contribution in [0.1, 0.15) is 48.5 Å². The van der Waals surface area contributed by atoms with Crippen molar-refractivity contribution in [3.05, 3.63) is 65.2 Å². The lowest BCUT2D eigenvalue weighted by Gasteiger charge is -2.14. The minimum absolute atomic E-state index is 0.589. The zero-order valence-corrected chi connectivity index (χ0v) is 11.8. The van der Waals surface area contributed by atoms with Crippen molar-refractivity contribution < 1.29 is 9.84 Å². The van der Waals surface area contributed by atoms with E-state index in [-0.39, 0.29) is 0 Å². The largest absolute Gasteiger partial charge is 0.494 e. The highest BCUT2D eigenvalue weighted by Gasteiger charge is 2.24. The van der Waals surface area contributed by atoms with Gasteiger partial charge in [-0.1, -0.05) is 36.4 Å². The first-order valence-corrected chi connectivity index (χ1v) is 7.28. The highest BCUT2D eigenvalue weighted by Crippen LogP contribution is 2.41. The monoisotopic (exact) mass is 268 g/mol. The van der Waals surface area contributed by atoms with E-state index in [2.05, 4.69) is 12.1 Å².